The average molecular weight is 358 g/mol. The van der Waals surface area contributed by atoms with Gasteiger partial charge in [-0.3, -0.25) is 4.99 Å². The summed E-state index contributed by atoms with van der Waals surface area (Å²) in [6, 6.07) is 0. The first kappa shape index (κ1) is 19.9. The van der Waals surface area contributed by atoms with Crippen LogP contribution in [0.2, 0.25) is 0 Å². The second kappa shape index (κ2) is 11.2. The molecule has 1 heterocycles. The molecule has 0 aromatic carbocycles. The number of rotatable bonds is 7. The van der Waals surface area contributed by atoms with Crippen molar-refractivity contribution < 1.29 is 9.47 Å². The van der Waals surface area contributed by atoms with Crippen molar-refractivity contribution in [3.63, 3.8) is 0 Å². The fourth-order valence-corrected chi connectivity index (χ4v) is 4.26. The molecule has 2 aliphatic rings. The fraction of sp³-hybridized carbons (Fsp3) is 0.944. The van der Waals surface area contributed by atoms with Crippen molar-refractivity contribution in [1.82, 2.24) is 10.6 Å². The summed E-state index contributed by atoms with van der Waals surface area (Å²) in [5.74, 6) is 0.874. The Kier molecular flexibility index (Phi) is 9.28. The van der Waals surface area contributed by atoms with Crippen LogP contribution in [-0.4, -0.2) is 63.0 Å². The molecule has 5 nitrogen and oxygen atoms in total. The number of nitrogens with one attached hydrogen (secondary N) is 2. The second-order valence-electron chi connectivity index (χ2n) is 6.84. The van der Waals surface area contributed by atoms with E-state index in [2.05, 4.69) is 21.9 Å². The van der Waals surface area contributed by atoms with Gasteiger partial charge in [0.05, 0.1) is 12.7 Å². The molecule has 6 heteroatoms. The van der Waals surface area contributed by atoms with Crippen LogP contribution in [0.5, 0.6) is 0 Å². The van der Waals surface area contributed by atoms with Gasteiger partial charge in [-0.15, -0.1) is 0 Å². The number of hydrogen-bond donors (Lipinski definition) is 2. The number of nitrogens with zero attached hydrogens (tertiary/aromatic N) is 1. The van der Waals surface area contributed by atoms with Crippen LogP contribution in [0.15, 0.2) is 4.99 Å². The lowest BCUT2D eigenvalue weighted by Gasteiger charge is -2.36. The monoisotopic (exact) mass is 357 g/mol. The van der Waals surface area contributed by atoms with E-state index in [1.165, 1.54) is 38.5 Å². The quantitative estimate of drug-likeness (QED) is 0.318. The Morgan fingerprint density at radius 1 is 1.17 bits per heavy atom. The molecule has 1 aliphatic carbocycles. The lowest BCUT2D eigenvalue weighted by atomic mass is 9.99. The summed E-state index contributed by atoms with van der Waals surface area (Å²) < 4.78 is 11.8. The molecule has 2 N–H and O–H groups in total. The minimum atomic E-state index is 0.271. The third kappa shape index (κ3) is 6.81. The van der Waals surface area contributed by atoms with Crippen molar-refractivity contribution >= 4 is 17.7 Å². The molecule has 1 saturated heterocycles. The average Bonchev–Trinajstić information content (AvgIpc) is 2.91. The Morgan fingerprint density at radius 3 is 2.50 bits per heavy atom. The Bertz CT molecular complexity index is 365. The van der Waals surface area contributed by atoms with Crippen LogP contribution in [0, 0.1) is 0 Å². The van der Waals surface area contributed by atoms with E-state index >= 15 is 0 Å². The van der Waals surface area contributed by atoms with Gasteiger partial charge in [0.1, 0.15) is 0 Å². The van der Waals surface area contributed by atoms with Crippen molar-refractivity contribution in [3.8, 4) is 0 Å². The Labute approximate surface area is 151 Å². The minimum absolute atomic E-state index is 0.271. The van der Waals surface area contributed by atoms with Crippen molar-refractivity contribution in [2.75, 3.05) is 46.2 Å². The number of guanidine groups is 1. The zero-order valence-electron chi connectivity index (χ0n) is 15.4. The summed E-state index contributed by atoms with van der Waals surface area (Å²) in [5.41, 5.74) is 0. The summed E-state index contributed by atoms with van der Waals surface area (Å²) in [7, 11) is 1.83. The molecule has 0 bridgehead atoms. The lowest BCUT2D eigenvalue weighted by molar-refractivity contribution is 0.0468. The third-order valence-corrected chi connectivity index (χ3v) is 6.61. The van der Waals surface area contributed by atoms with E-state index in [1.807, 2.05) is 18.8 Å². The smallest absolute Gasteiger partial charge is 0.191 e. The summed E-state index contributed by atoms with van der Waals surface area (Å²) in [5, 5.41) is 6.87. The molecule has 1 aliphatic heterocycles. The highest BCUT2D eigenvalue weighted by Crippen LogP contribution is 2.32. The predicted octanol–water partition coefficient (Wildman–Crippen LogP) is 2.80. The third-order valence-electron chi connectivity index (χ3n) is 5.19. The molecule has 24 heavy (non-hydrogen) atoms. The van der Waals surface area contributed by atoms with E-state index in [1.54, 1.807) is 0 Å². The van der Waals surface area contributed by atoms with Crippen molar-refractivity contribution in [3.05, 3.63) is 0 Å². The lowest BCUT2D eigenvalue weighted by Crippen LogP contribution is -2.48. The molecular formula is C18H35N3O2S. The van der Waals surface area contributed by atoms with Gasteiger partial charge in [0, 0.05) is 38.1 Å². The summed E-state index contributed by atoms with van der Waals surface area (Å²) >= 11 is 1.94. The highest BCUT2D eigenvalue weighted by molar-refractivity contribution is 8.00. The second-order valence-corrected chi connectivity index (χ2v) is 8.11. The molecule has 140 valence electrons. The first-order chi connectivity index (χ1) is 11.8. The molecule has 0 aromatic heterocycles. The molecule has 2 rings (SSSR count). The summed E-state index contributed by atoms with van der Waals surface area (Å²) in [6.07, 6.45) is 12.7. The van der Waals surface area contributed by atoms with Crippen LogP contribution in [0.25, 0.3) is 0 Å². The number of ether oxygens (including phenoxy) is 2. The Morgan fingerprint density at radius 2 is 1.88 bits per heavy atom. The minimum Gasteiger partial charge on any atom is -0.381 e. The topological polar surface area (TPSA) is 54.9 Å². The van der Waals surface area contributed by atoms with Crippen LogP contribution in [0.4, 0.5) is 0 Å². The molecule has 0 amide bonds. The molecular weight excluding hydrogens is 322 g/mol. The highest BCUT2D eigenvalue weighted by atomic mass is 32.2. The van der Waals surface area contributed by atoms with Crippen LogP contribution < -0.4 is 10.6 Å². The molecule has 0 radical (unpaired) electrons. The predicted molar refractivity (Wildman–Crippen MR) is 103 cm³/mol. The number of aliphatic imine (C=N–C) groups is 1. The molecule has 1 saturated carbocycles. The van der Waals surface area contributed by atoms with Gasteiger partial charge >= 0.3 is 0 Å². The fourth-order valence-electron chi connectivity index (χ4n) is 3.47. The maximum absolute atomic E-state index is 6.03. The number of hydrogen-bond acceptors (Lipinski definition) is 4. The Hall–Kier alpha value is -0.460. The first-order valence-electron chi connectivity index (χ1n) is 9.47. The van der Waals surface area contributed by atoms with Crippen molar-refractivity contribution in [2.24, 2.45) is 4.99 Å². The zero-order valence-corrected chi connectivity index (χ0v) is 16.3. The summed E-state index contributed by atoms with van der Waals surface area (Å²) in [4.78, 5) is 4.34. The van der Waals surface area contributed by atoms with E-state index in [-0.39, 0.29) is 4.75 Å². The number of thioether (sulfide) groups is 1. The van der Waals surface area contributed by atoms with Gasteiger partial charge in [-0.05, 0) is 31.9 Å². The Balaban J connectivity index is 1.63. The van der Waals surface area contributed by atoms with E-state index in [9.17, 15) is 0 Å². The standard InChI is InChI=1S/C18H35N3O2S/c1-19-17(21-15-18(24-2)9-12-22-13-10-18)20-11-14-23-16-7-5-3-4-6-8-16/h16H,3-15H2,1-2H3,(H2,19,20,21). The van der Waals surface area contributed by atoms with Crippen LogP contribution in [0.1, 0.15) is 51.4 Å². The van der Waals surface area contributed by atoms with Crippen LogP contribution in [0.3, 0.4) is 0 Å². The van der Waals surface area contributed by atoms with Gasteiger partial charge in [0.15, 0.2) is 5.96 Å². The van der Waals surface area contributed by atoms with Gasteiger partial charge in [-0.1, -0.05) is 25.7 Å². The van der Waals surface area contributed by atoms with E-state index < -0.39 is 0 Å². The maximum Gasteiger partial charge on any atom is 0.191 e. The molecule has 0 unspecified atom stereocenters. The SMILES string of the molecule is CN=C(NCCOC1CCCCCC1)NCC1(SC)CCOCC1. The largest absolute Gasteiger partial charge is 0.381 e. The van der Waals surface area contributed by atoms with Gasteiger partial charge in [0.25, 0.3) is 0 Å². The molecule has 0 atom stereocenters. The maximum atomic E-state index is 6.03. The van der Waals surface area contributed by atoms with E-state index in [0.717, 1.165) is 51.7 Å². The van der Waals surface area contributed by atoms with Crippen molar-refractivity contribution in [1.29, 1.82) is 0 Å². The van der Waals surface area contributed by atoms with Crippen molar-refractivity contribution in [2.45, 2.75) is 62.2 Å². The summed E-state index contributed by atoms with van der Waals surface area (Å²) in [6.45, 7) is 4.23. The van der Waals surface area contributed by atoms with Gasteiger partial charge in [-0.25, -0.2) is 0 Å². The first-order valence-corrected chi connectivity index (χ1v) is 10.7. The molecule has 0 aromatic rings. The van der Waals surface area contributed by atoms with Gasteiger partial charge < -0.3 is 20.1 Å². The van der Waals surface area contributed by atoms with Gasteiger partial charge in [-0.2, -0.15) is 11.8 Å². The van der Waals surface area contributed by atoms with Crippen LogP contribution >= 0.6 is 11.8 Å². The van der Waals surface area contributed by atoms with Crippen LogP contribution in [-0.2, 0) is 9.47 Å². The molecule has 2 fully saturated rings. The normalized spacial score (nSPS) is 22.8. The molecule has 0 spiro atoms. The van der Waals surface area contributed by atoms with E-state index in [4.69, 9.17) is 9.47 Å². The highest BCUT2D eigenvalue weighted by Gasteiger charge is 2.31. The van der Waals surface area contributed by atoms with Gasteiger partial charge in [0.2, 0.25) is 0 Å². The zero-order chi connectivity index (χ0) is 17.1. The van der Waals surface area contributed by atoms with E-state index in [0.29, 0.717) is 6.10 Å².